The number of para-hydroxylation sites is 1. The SMILES string of the molecule is COCCn1c(=O)[nH]c2c(O)cccc2c1=O. The molecule has 0 fully saturated rings. The summed E-state index contributed by atoms with van der Waals surface area (Å²) >= 11 is 0. The monoisotopic (exact) mass is 236 g/mol. The number of ether oxygens (including phenoxy) is 1. The third-order valence-electron chi connectivity index (χ3n) is 2.51. The number of hydrogen-bond acceptors (Lipinski definition) is 4. The van der Waals surface area contributed by atoms with Crippen molar-refractivity contribution in [2.75, 3.05) is 13.7 Å². The number of benzene rings is 1. The molecule has 1 aromatic heterocycles. The van der Waals surface area contributed by atoms with Crippen LogP contribution in [0.1, 0.15) is 0 Å². The van der Waals surface area contributed by atoms with Crippen molar-refractivity contribution in [3.63, 3.8) is 0 Å². The Morgan fingerprint density at radius 3 is 2.88 bits per heavy atom. The van der Waals surface area contributed by atoms with Crippen LogP contribution >= 0.6 is 0 Å². The van der Waals surface area contributed by atoms with Crippen LogP contribution in [0.15, 0.2) is 27.8 Å². The first-order chi connectivity index (χ1) is 8.15. The molecule has 0 aliphatic carbocycles. The van der Waals surface area contributed by atoms with Crippen LogP contribution in [0.2, 0.25) is 0 Å². The van der Waals surface area contributed by atoms with Crippen molar-refractivity contribution in [1.29, 1.82) is 0 Å². The van der Waals surface area contributed by atoms with Crippen LogP contribution in [0.4, 0.5) is 0 Å². The molecule has 0 saturated carbocycles. The first-order valence-electron chi connectivity index (χ1n) is 5.09. The van der Waals surface area contributed by atoms with Gasteiger partial charge >= 0.3 is 5.69 Å². The number of aromatic hydroxyl groups is 1. The maximum atomic E-state index is 12.0. The van der Waals surface area contributed by atoms with Crippen LogP contribution in [0.5, 0.6) is 5.75 Å². The molecule has 90 valence electrons. The van der Waals surface area contributed by atoms with Gasteiger partial charge in [-0.3, -0.25) is 9.36 Å². The molecule has 2 N–H and O–H groups in total. The number of nitrogens with one attached hydrogen (secondary N) is 1. The zero-order chi connectivity index (χ0) is 12.4. The minimum atomic E-state index is -0.555. The van der Waals surface area contributed by atoms with E-state index in [-0.39, 0.29) is 29.8 Å². The maximum Gasteiger partial charge on any atom is 0.329 e. The second-order valence-electron chi connectivity index (χ2n) is 3.58. The topological polar surface area (TPSA) is 84.3 Å². The Morgan fingerprint density at radius 2 is 2.18 bits per heavy atom. The third-order valence-corrected chi connectivity index (χ3v) is 2.51. The molecule has 2 aromatic rings. The van der Waals surface area contributed by atoms with Crippen LogP contribution in [-0.4, -0.2) is 28.4 Å². The molecule has 17 heavy (non-hydrogen) atoms. The van der Waals surface area contributed by atoms with Crippen molar-refractivity contribution in [3.8, 4) is 5.75 Å². The number of aromatic amines is 1. The van der Waals surface area contributed by atoms with Crippen LogP contribution in [0.25, 0.3) is 10.9 Å². The van der Waals surface area contributed by atoms with Crippen LogP contribution in [-0.2, 0) is 11.3 Å². The molecule has 1 heterocycles. The van der Waals surface area contributed by atoms with Gasteiger partial charge in [-0.1, -0.05) is 6.07 Å². The van der Waals surface area contributed by atoms with Crippen molar-refractivity contribution in [2.24, 2.45) is 0 Å². The Hall–Kier alpha value is -2.08. The quantitative estimate of drug-likeness (QED) is 0.788. The first kappa shape index (κ1) is 11.4. The summed E-state index contributed by atoms with van der Waals surface area (Å²) in [5.41, 5.74) is -0.825. The summed E-state index contributed by atoms with van der Waals surface area (Å²) in [6, 6.07) is 4.52. The molecule has 0 bridgehead atoms. The highest BCUT2D eigenvalue weighted by Crippen LogP contribution is 2.17. The molecular formula is C11H12N2O4. The van der Waals surface area contributed by atoms with E-state index in [0.717, 1.165) is 4.57 Å². The van der Waals surface area contributed by atoms with Crippen LogP contribution in [0, 0.1) is 0 Å². The number of H-pyrrole nitrogens is 1. The van der Waals surface area contributed by atoms with E-state index in [2.05, 4.69) is 4.98 Å². The van der Waals surface area contributed by atoms with E-state index in [9.17, 15) is 14.7 Å². The Kier molecular flexibility index (Phi) is 2.97. The second kappa shape index (κ2) is 4.42. The average Bonchev–Trinajstić information content (AvgIpc) is 2.31. The van der Waals surface area contributed by atoms with E-state index in [0.29, 0.717) is 0 Å². The molecule has 1 aromatic carbocycles. The smallest absolute Gasteiger partial charge is 0.329 e. The number of aromatic nitrogens is 2. The Labute approximate surface area is 96.1 Å². The molecule has 0 aliphatic heterocycles. The predicted octanol–water partition coefficient (Wildman–Crippen LogP) is 0.0418. The van der Waals surface area contributed by atoms with Gasteiger partial charge in [0.1, 0.15) is 5.75 Å². The van der Waals surface area contributed by atoms with E-state index < -0.39 is 11.2 Å². The van der Waals surface area contributed by atoms with Gasteiger partial charge in [0.15, 0.2) is 0 Å². The molecule has 0 saturated heterocycles. The fourth-order valence-corrected chi connectivity index (χ4v) is 1.65. The lowest BCUT2D eigenvalue weighted by Gasteiger charge is -2.06. The first-order valence-corrected chi connectivity index (χ1v) is 5.09. The second-order valence-corrected chi connectivity index (χ2v) is 3.58. The molecule has 2 rings (SSSR count). The molecule has 6 nitrogen and oxygen atoms in total. The number of phenolic OH excluding ortho intramolecular Hbond substituents is 1. The van der Waals surface area contributed by atoms with E-state index >= 15 is 0 Å². The normalized spacial score (nSPS) is 10.9. The summed E-state index contributed by atoms with van der Waals surface area (Å²) < 4.78 is 5.88. The zero-order valence-corrected chi connectivity index (χ0v) is 9.27. The molecule has 0 spiro atoms. The Morgan fingerprint density at radius 1 is 1.41 bits per heavy atom. The van der Waals surface area contributed by atoms with Gasteiger partial charge in [-0.05, 0) is 12.1 Å². The summed E-state index contributed by atoms with van der Waals surface area (Å²) in [6.07, 6.45) is 0. The highest BCUT2D eigenvalue weighted by atomic mass is 16.5. The van der Waals surface area contributed by atoms with E-state index in [4.69, 9.17) is 4.74 Å². The minimum Gasteiger partial charge on any atom is -0.506 e. The van der Waals surface area contributed by atoms with E-state index in [1.807, 2.05) is 0 Å². The molecule has 0 unspecified atom stereocenters. The minimum absolute atomic E-state index is 0.115. The zero-order valence-electron chi connectivity index (χ0n) is 9.27. The number of phenols is 1. The molecule has 0 radical (unpaired) electrons. The fraction of sp³-hybridized carbons (Fsp3) is 0.273. The van der Waals surface area contributed by atoms with Crippen LogP contribution in [0.3, 0.4) is 0 Å². The standard InChI is InChI=1S/C11H12N2O4/c1-17-6-5-13-10(15)7-3-2-4-8(14)9(7)12-11(13)16/h2-4,14H,5-6H2,1H3,(H,12,16). The molecule has 0 atom stereocenters. The molecule has 0 aliphatic rings. The van der Waals surface area contributed by atoms with Crippen molar-refractivity contribution < 1.29 is 9.84 Å². The van der Waals surface area contributed by atoms with Gasteiger partial charge in [-0.25, -0.2) is 4.79 Å². The summed E-state index contributed by atoms with van der Waals surface area (Å²) in [7, 11) is 1.49. The maximum absolute atomic E-state index is 12.0. The largest absolute Gasteiger partial charge is 0.506 e. The number of methoxy groups -OCH3 is 1. The Balaban J connectivity index is 2.73. The summed E-state index contributed by atoms with van der Waals surface area (Å²) in [6.45, 7) is 0.448. The lowest BCUT2D eigenvalue weighted by atomic mass is 10.2. The summed E-state index contributed by atoms with van der Waals surface area (Å²) in [4.78, 5) is 26.1. The van der Waals surface area contributed by atoms with Gasteiger partial charge in [0.25, 0.3) is 5.56 Å². The van der Waals surface area contributed by atoms with Gasteiger partial charge in [-0.2, -0.15) is 0 Å². The fourth-order valence-electron chi connectivity index (χ4n) is 1.65. The molecule has 0 amide bonds. The van der Waals surface area contributed by atoms with Gasteiger partial charge in [-0.15, -0.1) is 0 Å². The van der Waals surface area contributed by atoms with Gasteiger partial charge in [0, 0.05) is 7.11 Å². The van der Waals surface area contributed by atoms with Crippen molar-refractivity contribution in [3.05, 3.63) is 39.0 Å². The molecule has 6 heteroatoms. The third kappa shape index (κ3) is 1.94. The number of hydrogen-bond donors (Lipinski definition) is 2. The number of rotatable bonds is 3. The average molecular weight is 236 g/mol. The van der Waals surface area contributed by atoms with Crippen molar-refractivity contribution in [1.82, 2.24) is 9.55 Å². The number of nitrogens with zero attached hydrogens (tertiary/aromatic N) is 1. The van der Waals surface area contributed by atoms with Crippen LogP contribution < -0.4 is 11.2 Å². The lowest BCUT2D eigenvalue weighted by molar-refractivity contribution is 0.185. The van der Waals surface area contributed by atoms with Gasteiger partial charge in [0.2, 0.25) is 0 Å². The molecular weight excluding hydrogens is 224 g/mol. The lowest BCUT2D eigenvalue weighted by Crippen LogP contribution is -2.36. The summed E-state index contributed by atoms with van der Waals surface area (Å²) in [5.74, 6) is -0.115. The highest BCUT2D eigenvalue weighted by Gasteiger charge is 2.09. The van der Waals surface area contributed by atoms with Crippen molar-refractivity contribution in [2.45, 2.75) is 6.54 Å². The van der Waals surface area contributed by atoms with E-state index in [1.165, 1.54) is 13.2 Å². The Bertz CT molecular complexity index is 657. The highest BCUT2D eigenvalue weighted by molar-refractivity contribution is 5.82. The van der Waals surface area contributed by atoms with Gasteiger partial charge in [0.05, 0.1) is 24.1 Å². The number of fused-ring (bicyclic) bond motifs is 1. The van der Waals surface area contributed by atoms with E-state index in [1.54, 1.807) is 12.1 Å². The predicted molar refractivity (Wildman–Crippen MR) is 62.4 cm³/mol. The summed E-state index contributed by atoms with van der Waals surface area (Å²) in [5, 5.41) is 9.82. The van der Waals surface area contributed by atoms with Crippen molar-refractivity contribution >= 4 is 10.9 Å². The van der Waals surface area contributed by atoms with Gasteiger partial charge < -0.3 is 14.8 Å².